The molecule has 0 saturated carbocycles. The van der Waals surface area contributed by atoms with Gasteiger partial charge in [-0.25, -0.2) is 0 Å². The molecule has 5 nitrogen and oxygen atoms in total. The topological polar surface area (TPSA) is 74.8 Å². The van der Waals surface area contributed by atoms with Gasteiger partial charge in [-0.15, -0.1) is 0 Å². The number of phenolic OH excluding ortho intramolecular Hbond substituents is 1. The first-order valence-corrected chi connectivity index (χ1v) is 8.89. The van der Waals surface area contributed by atoms with E-state index in [1.54, 1.807) is 42.6 Å². The van der Waals surface area contributed by atoms with E-state index in [2.05, 4.69) is 10.3 Å². The monoisotopic (exact) mass is 390 g/mol. The number of aromatic hydroxyl groups is 1. The van der Waals surface area contributed by atoms with Crippen LogP contribution < -0.4 is 5.32 Å². The maximum absolute atomic E-state index is 12.1. The lowest BCUT2D eigenvalue weighted by molar-refractivity contribution is 0.0996. The maximum atomic E-state index is 12.1. The SMILES string of the molecule is O=C(Nc1ccc(N=Cc2c(O)ccc3ccccc23)cc1Cl)c1ccco1. The molecule has 4 rings (SSSR count). The Balaban J connectivity index is 1.59. The van der Waals surface area contributed by atoms with Crippen LogP contribution in [-0.2, 0) is 0 Å². The van der Waals surface area contributed by atoms with E-state index in [9.17, 15) is 9.90 Å². The van der Waals surface area contributed by atoms with Gasteiger partial charge < -0.3 is 14.8 Å². The smallest absolute Gasteiger partial charge is 0.291 e. The van der Waals surface area contributed by atoms with Crippen molar-refractivity contribution < 1.29 is 14.3 Å². The standard InChI is InChI=1S/C22H15ClN2O3/c23-18-12-15(8-9-19(18)25-22(27)21-6-3-11-28-21)24-13-17-16-5-2-1-4-14(16)7-10-20(17)26/h1-13,26H,(H,25,27). The largest absolute Gasteiger partial charge is 0.507 e. The average Bonchev–Trinajstić information content (AvgIpc) is 3.24. The summed E-state index contributed by atoms with van der Waals surface area (Å²) in [5.41, 5.74) is 1.67. The highest BCUT2D eigenvalue weighted by molar-refractivity contribution is 6.34. The molecule has 4 aromatic rings. The number of hydrogen-bond acceptors (Lipinski definition) is 4. The third kappa shape index (κ3) is 3.61. The van der Waals surface area contributed by atoms with Crippen LogP contribution in [0.2, 0.25) is 5.02 Å². The minimum Gasteiger partial charge on any atom is -0.507 e. The average molecular weight is 391 g/mol. The van der Waals surface area contributed by atoms with Crippen LogP contribution in [0.1, 0.15) is 16.1 Å². The Morgan fingerprint density at radius 2 is 1.93 bits per heavy atom. The summed E-state index contributed by atoms with van der Waals surface area (Å²) in [7, 11) is 0. The van der Waals surface area contributed by atoms with Crippen molar-refractivity contribution in [3.05, 3.63) is 89.3 Å². The van der Waals surface area contributed by atoms with Crippen LogP contribution in [0.25, 0.3) is 10.8 Å². The van der Waals surface area contributed by atoms with Gasteiger partial charge >= 0.3 is 0 Å². The van der Waals surface area contributed by atoms with E-state index in [1.165, 1.54) is 6.26 Å². The second-order valence-corrected chi connectivity index (χ2v) is 6.48. The second kappa shape index (κ2) is 7.58. The number of nitrogens with zero attached hydrogens (tertiary/aromatic N) is 1. The molecule has 0 aliphatic rings. The van der Waals surface area contributed by atoms with Crippen LogP contribution in [0, 0.1) is 0 Å². The Labute approximate surface area is 165 Å². The molecular formula is C22H15ClN2O3. The van der Waals surface area contributed by atoms with Crippen molar-refractivity contribution in [3.63, 3.8) is 0 Å². The zero-order valence-corrected chi connectivity index (χ0v) is 15.4. The van der Waals surface area contributed by atoms with Crippen LogP contribution in [0.4, 0.5) is 11.4 Å². The molecule has 1 aromatic heterocycles. The molecule has 0 spiro atoms. The molecule has 6 heteroatoms. The van der Waals surface area contributed by atoms with E-state index < -0.39 is 0 Å². The molecule has 1 heterocycles. The highest BCUT2D eigenvalue weighted by atomic mass is 35.5. The van der Waals surface area contributed by atoms with E-state index >= 15 is 0 Å². The molecule has 28 heavy (non-hydrogen) atoms. The number of anilines is 1. The van der Waals surface area contributed by atoms with E-state index in [0.29, 0.717) is 22.0 Å². The number of nitrogens with one attached hydrogen (secondary N) is 1. The predicted octanol–water partition coefficient (Wildman–Crippen LogP) is 5.79. The summed E-state index contributed by atoms with van der Waals surface area (Å²) in [5, 5.41) is 15.1. The highest BCUT2D eigenvalue weighted by Crippen LogP contribution is 2.29. The number of rotatable bonds is 4. The maximum Gasteiger partial charge on any atom is 0.291 e. The number of furan rings is 1. The number of aliphatic imine (C=N–C) groups is 1. The molecule has 0 radical (unpaired) electrons. The van der Waals surface area contributed by atoms with Gasteiger partial charge in [0.15, 0.2) is 5.76 Å². The first-order valence-electron chi connectivity index (χ1n) is 8.51. The van der Waals surface area contributed by atoms with Crippen molar-refractivity contribution in [1.29, 1.82) is 0 Å². The number of amides is 1. The van der Waals surface area contributed by atoms with Crippen LogP contribution in [0.15, 0.2) is 82.4 Å². The lowest BCUT2D eigenvalue weighted by Crippen LogP contribution is -2.10. The fourth-order valence-electron chi connectivity index (χ4n) is 2.84. The van der Waals surface area contributed by atoms with Gasteiger partial charge in [0.1, 0.15) is 5.75 Å². The van der Waals surface area contributed by atoms with Gasteiger partial charge in [-0.05, 0) is 47.2 Å². The molecule has 138 valence electrons. The number of halogens is 1. The van der Waals surface area contributed by atoms with Gasteiger partial charge in [0, 0.05) is 11.8 Å². The van der Waals surface area contributed by atoms with Crippen molar-refractivity contribution in [2.24, 2.45) is 4.99 Å². The fourth-order valence-corrected chi connectivity index (χ4v) is 3.06. The summed E-state index contributed by atoms with van der Waals surface area (Å²) in [4.78, 5) is 16.5. The summed E-state index contributed by atoms with van der Waals surface area (Å²) in [6, 6.07) is 19.5. The summed E-state index contributed by atoms with van der Waals surface area (Å²) >= 11 is 6.27. The molecule has 1 amide bonds. The van der Waals surface area contributed by atoms with Gasteiger partial charge in [-0.2, -0.15) is 0 Å². The molecule has 0 aliphatic carbocycles. The van der Waals surface area contributed by atoms with Crippen molar-refractivity contribution in [2.45, 2.75) is 0 Å². The quantitative estimate of drug-likeness (QED) is 0.433. The summed E-state index contributed by atoms with van der Waals surface area (Å²) in [5.74, 6) is -0.0377. The number of carbonyl (C=O) groups excluding carboxylic acids is 1. The molecule has 0 aliphatic heterocycles. The van der Waals surface area contributed by atoms with E-state index in [4.69, 9.17) is 16.0 Å². The van der Waals surface area contributed by atoms with Crippen LogP contribution in [0.5, 0.6) is 5.75 Å². The van der Waals surface area contributed by atoms with E-state index in [-0.39, 0.29) is 17.4 Å². The Morgan fingerprint density at radius 1 is 1.07 bits per heavy atom. The number of carbonyl (C=O) groups is 1. The van der Waals surface area contributed by atoms with Crippen molar-refractivity contribution in [3.8, 4) is 5.75 Å². The van der Waals surface area contributed by atoms with Gasteiger partial charge in [-0.3, -0.25) is 9.79 Å². The molecule has 0 fully saturated rings. The summed E-state index contributed by atoms with van der Waals surface area (Å²) < 4.78 is 5.06. The second-order valence-electron chi connectivity index (χ2n) is 6.07. The van der Waals surface area contributed by atoms with Gasteiger partial charge in [0.25, 0.3) is 5.91 Å². The fraction of sp³-hybridized carbons (Fsp3) is 0. The van der Waals surface area contributed by atoms with E-state index in [0.717, 1.165) is 10.8 Å². The highest BCUT2D eigenvalue weighted by Gasteiger charge is 2.11. The minimum atomic E-state index is -0.385. The molecule has 0 atom stereocenters. The van der Waals surface area contributed by atoms with Crippen LogP contribution >= 0.6 is 11.6 Å². The Bertz CT molecular complexity index is 1180. The van der Waals surface area contributed by atoms with Gasteiger partial charge in [0.2, 0.25) is 0 Å². The minimum absolute atomic E-state index is 0.149. The van der Waals surface area contributed by atoms with Crippen molar-refractivity contribution >= 4 is 45.9 Å². The number of phenols is 1. The molecule has 0 unspecified atom stereocenters. The number of benzene rings is 3. The summed E-state index contributed by atoms with van der Waals surface area (Å²) in [6.45, 7) is 0. The Kier molecular flexibility index (Phi) is 4.83. The number of fused-ring (bicyclic) bond motifs is 1. The first-order chi connectivity index (χ1) is 13.6. The number of hydrogen-bond donors (Lipinski definition) is 2. The lowest BCUT2D eigenvalue weighted by Gasteiger charge is -2.07. The predicted molar refractivity (Wildman–Crippen MR) is 111 cm³/mol. The summed E-state index contributed by atoms with van der Waals surface area (Å²) in [6.07, 6.45) is 3.03. The zero-order valence-electron chi connectivity index (χ0n) is 14.6. The normalized spacial score (nSPS) is 11.2. The van der Waals surface area contributed by atoms with E-state index in [1.807, 2.05) is 30.3 Å². The van der Waals surface area contributed by atoms with Crippen molar-refractivity contribution in [2.75, 3.05) is 5.32 Å². The molecular weight excluding hydrogens is 376 g/mol. The van der Waals surface area contributed by atoms with Crippen molar-refractivity contribution in [1.82, 2.24) is 0 Å². The zero-order chi connectivity index (χ0) is 19.5. The molecule has 3 aromatic carbocycles. The first kappa shape index (κ1) is 17.8. The Morgan fingerprint density at radius 3 is 2.71 bits per heavy atom. The third-order valence-corrected chi connectivity index (χ3v) is 4.55. The molecule has 2 N–H and O–H groups in total. The van der Waals surface area contributed by atoms with Gasteiger partial charge in [0.05, 0.1) is 22.7 Å². The van der Waals surface area contributed by atoms with Gasteiger partial charge in [-0.1, -0.05) is 41.9 Å². The molecule has 0 bridgehead atoms. The van der Waals surface area contributed by atoms with Crippen LogP contribution in [-0.4, -0.2) is 17.2 Å². The third-order valence-electron chi connectivity index (χ3n) is 4.24. The molecule has 0 saturated heterocycles. The van der Waals surface area contributed by atoms with Crippen LogP contribution in [0.3, 0.4) is 0 Å². The Hall–Kier alpha value is -3.57. The lowest BCUT2D eigenvalue weighted by atomic mass is 10.0.